The van der Waals surface area contributed by atoms with Crippen LogP contribution in [0.4, 0.5) is 0 Å². The highest BCUT2D eigenvalue weighted by Gasteiger charge is 2.28. The number of rotatable bonds is 11. The molecule has 0 rings (SSSR count). The summed E-state index contributed by atoms with van der Waals surface area (Å²) in [6, 6.07) is 0. The number of aliphatic hydroxyl groups is 4. The van der Waals surface area contributed by atoms with Crippen LogP contribution in [0.3, 0.4) is 0 Å². The number of ether oxygens (including phenoxy) is 1. The van der Waals surface area contributed by atoms with E-state index in [1.807, 2.05) is 6.92 Å². The normalized spacial score (nSPS) is 15.8. The minimum absolute atomic E-state index is 0.0768. The van der Waals surface area contributed by atoms with Crippen LogP contribution in [0.1, 0.15) is 27.2 Å². The van der Waals surface area contributed by atoms with Gasteiger partial charge in [0, 0.05) is 6.54 Å². The first-order chi connectivity index (χ1) is 8.89. The quantitative estimate of drug-likeness (QED) is 0.336. The Morgan fingerprint density at radius 3 is 2.00 bits per heavy atom. The van der Waals surface area contributed by atoms with Crippen LogP contribution >= 0.6 is 0 Å². The zero-order valence-corrected chi connectivity index (χ0v) is 12.2. The van der Waals surface area contributed by atoms with E-state index in [2.05, 4.69) is 19.2 Å². The number of aliphatic hydroxyl groups excluding tert-OH is 4. The molecule has 116 valence electrons. The van der Waals surface area contributed by atoms with Gasteiger partial charge >= 0.3 is 0 Å². The molecule has 0 aliphatic heterocycles. The molecule has 0 aliphatic carbocycles. The predicted molar refractivity (Wildman–Crippen MR) is 72.9 cm³/mol. The molecule has 0 aliphatic rings. The molecule has 0 aromatic carbocycles. The molecular weight excluding hydrogens is 250 g/mol. The van der Waals surface area contributed by atoms with E-state index in [1.165, 1.54) is 0 Å². The summed E-state index contributed by atoms with van der Waals surface area (Å²) in [5.41, 5.74) is -1.16. The van der Waals surface area contributed by atoms with Crippen molar-refractivity contribution >= 4 is 0 Å². The van der Waals surface area contributed by atoms with Crippen LogP contribution in [0.5, 0.6) is 0 Å². The lowest BCUT2D eigenvalue weighted by molar-refractivity contribution is -0.0194. The second-order valence-corrected chi connectivity index (χ2v) is 5.56. The third-order valence-corrected chi connectivity index (χ3v) is 3.00. The Balaban J connectivity index is 3.94. The highest BCUT2D eigenvalue weighted by Crippen LogP contribution is 2.08. The van der Waals surface area contributed by atoms with E-state index in [9.17, 15) is 5.11 Å². The van der Waals surface area contributed by atoms with Gasteiger partial charge in [-0.15, -0.1) is 0 Å². The van der Waals surface area contributed by atoms with Crippen molar-refractivity contribution in [3.05, 3.63) is 0 Å². The van der Waals surface area contributed by atoms with E-state index in [1.54, 1.807) is 0 Å². The van der Waals surface area contributed by atoms with Gasteiger partial charge in [0.25, 0.3) is 0 Å². The van der Waals surface area contributed by atoms with Crippen LogP contribution in [0.15, 0.2) is 0 Å². The third kappa shape index (κ3) is 7.81. The van der Waals surface area contributed by atoms with Crippen molar-refractivity contribution in [1.82, 2.24) is 5.32 Å². The van der Waals surface area contributed by atoms with Crippen molar-refractivity contribution in [2.75, 3.05) is 33.0 Å². The van der Waals surface area contributed by atoms with Crippen LogP contribution in [0, 0.1) is 5.92 Å². The summed E-state index contributed by atoms with van der Waals surface area (Å²) in [5.74, 6) is 0.538. The molecule has 0 amide bonds. The zero-order chi connectivity index (χ0) is 14.9. The highest BCUT2D eigenvalue weighted by atomic mass is 16.5. The Hall–Kier alpha value is -0.240. The average molecular weight is 279 g/mol. The van der Waals surface area contributed by atoms with Crippen LogP contribution in [0.2, 0.25) is 0 Å². The van der Waals surface area contributed by atoms with Crippen LogP contribution < -0.4 is 5.32 Å². The van der Waals surface area contributed by atoms with Gasteiger partial charge in [0.2, 0.25) is 0 Å². The molecule has 0 bridgehead atoms. The number of β-amino-alcohol motifs (C(OH)–C–C–N with tert-alkyl or cyclic N) is 1. The lowest BCUT2D eigenvalue weighted by atomic mass is 10.0. The molecule has 0 aromatic heterocycles. The minimum Gasteiger partial charge on any atom is -0.394 e. The van der Waals surface area contributed by atoms with Crippen LogP contribution in [0.25, 0.3) is 0 Å². The second kappa shape index (κ2) is 9.63. The lowest BCUT2D eigenvalue weighted by Crippen LogP contribution is -2.57. The molecule has 19 heavy (non-hydrogen) atoms. The number of hydrogen-bond acceptors (Lipinski definition) is 6. The zero-order valence-electron chi connectivity index (χ0n) is 12.2. The first-order valence-electron chi connectivity index (χ1n) is 6.76. The fraction of sp³-hybridized carbons (Fsp3) is 1.00. The van der Waals surface area contributed by atoms with Crippen LogP contribution in [-0.4, -0.2) is 71.1 Å². The summed E-state index contributed by atoms with van der Waals surface area (Å²) >= 11 is 0. The number of nitrogens with one attached hydrogen (secondary N) is 1. The van der Waals surface area contributed by atoms with Gasteiger partial charge < -0.3 is 30.5 Å². The van der Waals surface area contributed by atoms with Crippen molar-refractivity contribution < 1.29 is 25.2 Å². The summed E-state index contributed by atoms with van der Waals surface area (Å²) in [5, 5.41) is 39.9. The van der Waals surface area contributed by atoms with Crippen molar-refractivity contribution in [2.45, 2.75) is 44.9 Å². The molecule has 6 heteroatoms. The molecule has 2 atom stereocenters. The first-order valence-corrected chi connectivity index (χ1v) is 6.76. The fourth-order valence-electron chi connectivity index (χ4n) is 1.72. The largest absolute Gasteiger partial charge is 0.394 e. The molecular formula is C13H29NO5. The van der Waals surface area contributed by atoms with Crippen molar-refractivity contribution in [3.63, 3.8) is 0 Å². The van der Waals surface area contributed by atoms with Gasteiger partial charge in [-0.25, -0.2) is 0 Å². The third-order valence-electron chi connectivity index (χ3n) is 3.00. The van der Waals surface area contributed by atoms with E-state index in [0.29, 0.717) is 5.92 Å². The van der Waals surface area contributed by atoms with Gasteiger partial charge in [0.05, 0.1) is 44.2 Å². The first kappa shape index (κ1) is 18.8. The van der Waals surface area contributed by atoms with Gasteiger partial charge in [-0.2, -0.15) is 0 Å². The minimum atomic E-state index is -1.16. The summed E-state index contributed by atoms with van der Waals surface area (Å²) in [4.78, 5) is 0. The van der Waals surface area contributed by atoms with Crippen molar-refractivity contribution in [2.24, 2.45) is 5.92 Å². The topological polar surface area (TPSA) is 102 Å². The van der Waals surface area contributed by atoms with Gasteiger partial charge in [0.15, 0.2) is 0 Å². The molecule has 2 unspecified atom stereocenters. The molecule has 5 N–H and O–H groups in total. The van der Waals surface area contributed by atoms with E-state index in [4.69, 9.17) is 20.1 Å². The molecule has 0 saturated carbocycles. The lowest BCUT2D eigenvalue weighted by Gasteiger charge is -2.30. The van der Waals surface area contributed by atoms with Gasteiger partial charge in [-0.05, 0) is 19.3 Å². The predicted octanol–water partition coefficient (Wildman–Crippen LogP) is -0.896. The Kier molecular flexibility index (Phi) is 9.51. The maximum absolute atomic E-state index is 9.75. The van der Waals surface area contributed by atoms with Crippen molar-refractivity contribution in [3.8, 4) is 0 Å². The SMILES string of the molecule is CC(C)CC(C)OCC(O)CNC(CO)(CO)CO. The monoisotopic (exact) mass is 279 g/mol. The Morgan fingerprint density at radius 2 is 1.58 bits per heavy atom. The van der Waals surface area contributed by atoms with E-state index >= 15 is 0 Å². The van der Waals surface area contributed by atoms with Gasteiger partial charge in [0.1, 0.15) is 0 Å². The summed E-state index contributed by atoms with van der Waals surface area (Å²) in [7, 11) is 0. The fourth-order valence-corrected chi connectivity index (χ4v) is 1.72. The molecule has 0 saturated heterocycles. The molecule has 0 fully saturated rings. The molecule has 0 aromatic rings. The average Bonchev–Trinajstić information content (AvgIpc) is 2.38. The molecule has 0 heterocycles. The second-order valence-electron chi connectivity index (χ2n) is 5.56. The summed E-state index contributed by atoms with van der Waals surface area (Å²) in [6.07, 6.45) is 0.250. The van der Waals surface area contributed by atoms with Crippen LogP contribution in [-0.2, 0) is 4.74 Å². The maximum atomic E-state index is 9.75. The highest BCUT2D eigenvalue weighted by molar-refractivity contribution is 4.87. The standard InChI is InChI=1S/C13H29NO5/c1-10(2)4-11(3)19-6-12(18)5-14-13(7-15,8-16)9-17/h10-12,14-18H,4-9H2,1-3H3. The Morgan fingerprint density at radius 1 is 1.05 bits per heavy atom. The Bertz CT molecular complexity index is 213. The molecule has 6 nitrogen and oxygen atoms in total. The van der Waals surface area contributed by atoms with Crippen molar-refractivity contribution in [1.29, 1.82) is 0 Å². The van der Waals surface area contributed by atoms with Gasteiger partial charge in [-0.3, -0.25) is 0 Å². The molecule has 0 spiro atoms. The van der Waals surface area contributed by atoms with Gasteiger partial charge in [-0.1, -0.05) is 13.8 Å². The van der Waals surface area contributed by atoms with E-state index in [0.717, 1.165) is 6.42 Å². The van der Waals surface area contributed by atoms with E-state index in [-0.39, 0.29) is 19.3 Å². The molecule has 0 radical (unpaired) electrons. The smallest absolute Gasteiger partial charge is 0.0898 e. The number of hydrogen-bond donors (Lipinski definition) is 5. The summed E-state index contributed by atoms with van der Waals surface area (Å²) < 4.78 is 5.50. The van der Waals surface area contributed by atoms with E-state index < -0.39 is 31.5 Å². The summed E-state index contributed by atoms with van der Waals surface area (Å²) in [6.45, 7) is 5.27. The Labute approximate surface area is 115 Å². The maximum Gasteiger partial charge on any atom is 0.0898 e.